The Hall–Kier alpha value is -1.94. The first-order chi connectivity index (χ1) is 50.1. The van der Waals surface area contributed by atoms with Crippen molar-refractivity contribution in [1.82, 2.24) is 0 Å². The van der Waals surface area contributed by atoms with Crippen molar-refractivity contribution in [2.24, 2.45) is 23.7 Å². The lowest BCUT2D eigenvalue weighted by Crippen LogP contribution is -2.30. The molecule has 3 unspecified atom stereocenters. The number of unbranched alkanes of at least 4 members (excludes halogenated alkanes) is 47. The van der Waals surface area contributed by atoms with E-state index < -0.39 is 97.5 Å². The van der Waals surface area contributed by atoms with Gasteiger partial charge in [-0.05, 0) is 49.4 Å². The molecule has 19 heteroatoms. The molecule has 0 aromatic rings. The largest absolute Gasteiger partial charge is 0.472 e. The minimum Gasteiger partial charge on any atom is -0.462 e. The van der Waals surface area contributed by atoms with Gasteiger partial charge in [0, 0.05) is 25.7 Å². The smallest absolute Gasteiger partial charge is 0.462 e. The second kappa shape index (κ2) is 73.8. The topological polar surface area (TPSA) is 237 Å². The molecule has 0 aliphatic rings. The molecule has 0 amide bonds. The van der Waals surface area contributed by atoms with Gasteiger partial charge in [-0.3, -0.25) is 37.3 Å². The predicted octanol–water partition coefficient (Wildman–Crippen LogP) is 25.6. The molecule has 104 heavy (non-hydrogen) atoms. The van der Waals surface area contributed by atoms with Crippen LogP contribution in [0.3, 0.4) is 0 Å². The van der Waals surface area contributed by atoms with E-state index in [0.29, 0.717) is 31.6 Å². The molecule has 0 saturated carbocycles. The van der Waals surface area contributed by atoms with Crippen molar-refractivity contribution in [1.29, 1.82) is 0 Å². The predicted molar refractivity (Wildman–Crippen MR) is 428 cm³/mol. The van der Waals surface area contributed by atoms with E-state index in [0.717, 1.165) is 114 Å². The van der Waals surface area contributed by atoms with Crippen LogP contribution >= 0.6 is 15.6 Å². The third-order valence-electron chi connectivity index (χ3n) is 20.2. The molecule has 0 bridgehead atoms. The second-order valence-corrected chi connectivity index (χ2v) is 35.2. The van der Waals surface area contributed by atoms with Crippen molar-refractivity contribution in [3.05, 3.63) is 0 Å². The van der Waals surface area contributed by atoms with Crippen molar-refractivity contribution in [3.63, 3.8) is 0 Å². The highest BCUT2D eigenvalue weighted by atomic mass is 31.2. The van der Waals surface area contributed by atoms with Gasteiger partial charge in [-0.25, -0.2) is 9.13 Å². The third-order valence-corrected chi connectivity index (χ3v) is 22.1. The monoisotopic (exact) mass is 1520 g/mol. The zero-order chi connectivity index (χ0) is 76.7. The van der Waals surface area contributed by atoms with Crippen LogP contribution < -0.4 is 0 Å². The van der Waals surface area contributed by atoms with Gasteiger partial charge in [-0.15, -0.1) is 0 Å². The summed E-state index contributed by atoms with van der Waals surface area (Å²) in [6.45, 7) is 14.3. The quantitative estimate of drug-likeness (QED) is 0.0222. The molecular formula is C85H166O17P2. The molecule has 0 saturated heterocycles. The molecule has 0 aliphatic carbocycles. The van der Waals surface area contributed by atoms with E-state index in [-0.39, 0.29) is 25.7 Å². The van der Waals surface area contributed by atoms with Crippen LogP contribution in [0.1, 0.15) is 441 Å². The van der Waals surface area contributed by atoms with Crippen LogP contribution in [-0.4, -0.2) is 96.7 Å². The van der Waals surface area contributed by atoms with E-state index in [1.165, 1.54) is 238 Å². The Kier molecular flexibility index (Phi) is 72.5. The summed E-state index contributed by atoms with van der Waals surface area (Å²) in [6.07, 6.45) is 62.6. The van der Waals surface area contributed by atoms with Gasteiger partial charge in [0.2, 0.25) is 0 Å². The van der Waals surface area contributed by atoms with Crippen LogP contribution in [0, 0.1) is 23.7 Å². The fourth-order valence-corrected chi connectivity index (χ4v) is 14.7. The molecule has 3 N–H and O–H groups in total. The summed E-state index contributed by atoms with van der Waals surface area (Å²) in [7, 11) is -9.93. The van der Waals surface area contributed by atoms with Gasteiger partial charge < -0.3 is 33.8 Å². The molecular weight excluding hydrogens is 1350 g/mol. The van der Waals surface area contributed by atoms with E-state index in [2.05, 4.69) is 55.4 Å². The van der Waals surface area contributed by atoms with Gasteiger partial charge in [-0.2, -0.15) is 0 Å². The summed E-state index contributed by atoms with van der Waals surface area (Å²) < 4.78 is 68.8. The van der Waals surface area contributed by atoms with Crippen molar-refractivity contribution in [3.8, 4) is 0 Å². The van der Waals surface area contributed by atoms with E-state index in [1.807, 2.05) is 0 Å². The number of hydrogen-bond donors (Lipinski definition) is 3. The van der Waals surface area contributed by atoms with Gasteiger partial charge in [0.1, 0.15) is 19.3 Å². The summed E-state index contributed by atoms with van der Waals surface area (Å²) in [6, 6.07) is 0. The Morgan fingerprint density at radius 2 is 0.462 bits per heavy atom. The zero-order valence-corrected chi connectivity index (χ0v) is 70.5. The van der Waals surface area contributed by atoms with Crippen LogP contribution in [0.2, 0.25) is 0 Å². The Morgan fingerprint density at radius 3 is 0.683 bits per heavy atom. The molecule has 0 spiro atoms. The first kappa shape index (κ1) is 102. The molecule has 618 valence electrons. The lowest BCUT2D eigenvalue weighted by atomic mass is 9.99. The average molecular weight is 1520 g/mol. The highest BCUT2D eigenvalue weighted by molar-refractivity contribution is 7.47. The van der Waals surface area contributed by atoms with Gasteiger partial charge >= 0.3 is 39.5 Å². The summed E-state index contributed by atoms with van der Waals surface area (Å²) in [5.41, 5.74) is 0. The summed E-state index contributed by atoms with van der Waals surface area (Å²) in [4.78, 5) is 73.1. The van der Waals surface area contributed by atoms with Crippen molar-refractivity contribution in [2.75, 3.05) is 39.6 Å². The normalized spacial score (nSPS) is 14.2. The third kappa shape index (κ3) is 76.8. The highest BCUT2D eigenvalue weighted by Crippen LogP contribution is 2.45. The van der Waals surface area contributed by atoms with Gasteiger partial charge in [0.25, 0.3) is 0 Å². The number of esters is 4. The van der Waals surface area contributed by atoms with Crippen LogP contribution in [0.5, 0.6) is 0 Å². The Balaban J connectivity index is 5.22. The van der Waals surface area contributed by atoms with Crippen LogP contribution in [0.4, 0.5) is 0 Å². The number of phosphoric ester groups is 2. The fourth-order valence-electron chi connectivity index (χ4n) is 13.1. The molecule has 17 nitrogen and oxygen atoms in total. The summed E-state index contributed by atoms with van der Waals surface area (Å²) in [5.74, 6) is 1.03. The van der Waals surface area contributed by atoms with Crippen molar-refractivity contribution < 1.29 is 80.2 Å². The molecule has 0 fully saturated rings. The second-order valence-electron chi connectivity index (χ2n) is 32.2. The van der Waals surface area contributed by atoms with Gasteiger partial charge in [-0.1, -0.05) is 389 Å². The molecule has 6 atom stereocenters. The maximum atomic E-state index is 13.1. The van der Waals surface area contributed by atoms with E-state index >= 15 is 0 Å². The highest BCUT2D eigenvalue weighted by Gasteiger charge is 2.30. The minimum atomic E-state index is -4.97. The summed E-state index contributed by atoms with van der Waals surface area (Å²) in [5, 5.41) is 10.7. The SMILES string of the molecule is CCC(C)CCCCCCCCCCCCCCCCC(=O)O[C@H](COC(=O)CCCCCCCCC(C)C)COP(=O)(O)OC[C@H](O)COP(=O)(O)OC[C@@H](COC(=O)CCCCCCCCCCCCCCCCCCC(C)C)OC(=O)CCCCCCCCCCCCCCCCCC(C)C. The Bertz CT molecular complexity index is 2030. The number of aliphatic hydroxyl groups excluding tert-OH is 1. The van der Waals surface area contributed by atoms with Crippen LogP contribution in [0.15, 0.2) is 0 Å². The standard InChI is InChI=1S/C85H166O17P2/c1-9-78(8)64-56-48-39-33-27-21-17-18-24-30-36-42-52-60-68-85(90)102-81(72-96-83(88)66-58-50-44-43-47-55-63-77(6)7)74-100-104(93,94)98-70-79(86)69-97-103(91,92)99-73-80(101-84(89)67-59-51-41-35-29-23-16-12-14-20-26-32-38-46-54-62-76(4)5)71-95-82(87)65-57-49-40-34-28-22-15-11-10-13-19-25-31-37-45-53-61-75(2)3/h75-81,86H,9-74H2,1-8H3,(H,91,92)(H,93,94)/t78?,79-,80-,81-/m1/s1. The Morgan fingerprint density at radius 1 is 0.269 bits per heavy atom. The molecule has 0 aromatic carbocycles. The number of ether oxygens (including phenoxy) is 4. The zero-order valence-electron chi connectivity index (χ0n) is 68.7. The number of rotatable bonds is 82. The average Bonchev–Trinajstić information content (AvgIpc) is 0.911. The maximum Gasteiger partial charge on any atom is 0.472 e. The van der Waals surface area contributed by atoms with E-state index in [9.17, 15) is 43.2 Å². The first-order valence-corrected chi connectivity index (χ1v) is 46.7. The fraction of sp³-hybridized carbons (Fsp3) is 0.953. The van der Waals surface area contributed by atoms with Crippen molar-refractivity contribution >= 4 is 39.5 Å². The maximum absolute atomic E-state index is 13.1. The van der Waals surface area contributed by atoms with Crippen LogP contribution in [-0.2, 0) is 65.4 Å². The summed E-state index contributed by atoms with van der Waals surface area (Å²) >= 11 is 0. The first-order valence-electron chi connectivity index (χ1n) is 43.7. The van der Waals surface area contributed by atoms with Crippen molar-refractivity contribution in [2.45, 2.75) is 459 Å². The Labute approximate surface area is 638 Å². The molecule has 0 heterocycles. The molecule has 0 radical (unpaired) electrons. The number of carbonyl (C=O) groups excluding carboxylic acids is 4. The van der Waals surface area contributed by atoms with Gasteiger partial charge in [0.15, 0.2) is 12.2 Å². The van der Waals surface area contributed by atoms with E-state index in [1.54, 1.807) is 0 Å². The number of carbonyl (C=O) groups is 4. The number of hydrogen-bond acceptors (Lipinski definition) is 15. The molecule has 0 aromatic heterocycles. The van der Waals surface area contributed by atoms with Crippen LogP contribution in [0.25, 0.3) is 0 Å². The molecule has 0 aliphatic heterocycles. The minimum absolute atomic E-state index is 0.106. The van der Waals surface area contributed by atoms with Gasteiger partial charge in [0.05, 0.1) is 26.4 Å². The van der Waals surface area contributed by atoms with E-state index in [4.69, 9.17) is 37.0 Å². The molecule has 0 rings (SSSR count). The number of aliphatic hydroxyl groups is 1. The lowest BCUT2D eigenvalue weighted by Gasteiger charge is -2.21. The lowest BCUT2D eigenvalue weighted by molar-refractivity contribution is -0.161. The number of phosphoric acid groups is 2.